The van der Waals surface area contributed by atoms with Crippen LogP contribution < -0.4 is 5.32 Å². The highest BCUT2D eigenvalue weighted by Crippen LogP contribution is 2.34. The van der Waals surface area contributed by atoms with Gasteiger partial charge in [-0.3, -0.25) is 0 Å². The number of pyridine rings is 1. The highest BCUT2D eigenvalue weighted by molar-refractivity contribution is 6.29. The molecule has 1 N–H and O–H groups in total. The molecule has 106 valence electrons. The Bertz CT molecular complexity index is 565. The quantitative estimate of drug-likeness (QED) is 0.727. The van der Waals surface area contributed by atoms with Crippen LogP contribution in [0.25, 0.3) is 0 Å². The molecule has 0 saturated carbocycles. The predicted molar refractivity (Wildman–Crippen MR) is 87.1 cm³/mol. The lowest BCUT2D eigenvalue weighted by Crippen LogP contribution is -2.04. The van der Waals surface area contributed by atoms with Gasteiger partial charge in [-0.25, -0.2) is 4.98 Å². The molecule has 1 aromatic carbocycles. The van der Waals surface area contributed by atoms with E-state index in [-0.39, 0.29) is 0 Å². The molecule has 2 rings (SSSR count). The number of benzene rings is 1. The average molecular weight is 289 g/mol. The maximum atomic E-state index is 5.96. The van der Waals surface area contributed by atoms with E-state index in [0.29, 0.717) is 17.0 Å². The molecule has 0 bridgehead atoms. The summed E-state index contributed by atoms with van der Waals surface area (Å²) in [6.07, 6.45) is 0. The zero-order valence-corrected chi connectivity index (χ0v) is 13.2. The largest absolute Gasteiger partial charge is 0.340 e. The maximum Gasteiger partial charge on any atom is 0.132 e. The van der Waals surface area contributed by atoms with Gasteiger partial charge in [-0.1, -0.05) is 63.6 Å². The molecule has 0 unspecified atom stereocenters. The van der Waals surface area contributed by atoms with E-state index in [1.807, 2.05) is 12.1 Å². The smallest absolute Gasteiger partial charge is 0.132 e. The predicted octanol–water partition coefficient (Wildman–Crippen LogP) is 5.73. The molecule has 0 atom stereocenters. The molecule has 0 saturated heterocycles. The Balaban J connectivity index is 2.48. The Labute approximate surface area is 126 Å². The number of nitrogens with one attached hydrogen (secondary N) is 1. The van der Waals surface area contributed by atoms with Gasteiger partial charge in [0, 0.05) is 5.69 Å². The van der Waals surface area contributed by atoms with Gasteiger partial charge in [0.05, 0.1) is 0 Å². The summed E-state index contributed by atoms with van der Waals surface area (Å²) in [6, 6.07) is 12.1. The fraction of sp³-hybridized carbons (Fsp3) is 0.353. The summed E-state index contributed by atoms with van der Waals surface area (Å²) in [6.45, 7) is 8.82. The van der Waals surface area contributed by atoms with Gasteiger partial charge in [0.15, 0.2) is 0 Å². The van der Waals surface area contributed by atoms with E-state index in [1.54, 1.807) is 6.07 Å². The lowest BCUT2D eigenvalue weighted by molar-refractivity contribution is 0.838. The van der Waals surface area contributed by atoms with Crippen molar-refractivity contribution in [2.45, 2.75) is 39.5 Å². The SMILES string of the molecule is CC(C)c1cccc(C(C)C)c1Nc1cccc(Cl)n1. The van der Waals surface area contributed by atoms with Crippen LogP contribution in [-0.4, -0.2) is 4.98 Å². The van der Waals surface area contributed by atoms with Crippen LogP contribution in [0.15, 0.2) is 36.4 Å². The minimum atomic E-state index is 0.454. The first-order valence-electron chi connectivity index (χ1n) is 7.01. The summed E-state index contributed by atoms with van der Waals surface area (Å²) in [5.41, 5.74) is 3.77. The van der Waals surface area contributed by atoms with Crippen LogP contribution in [-0.2, 0) is 0 Å². The molecule has 20 heavy (non-hydrogen) atoms. The fourth-order valence-corrected chi connectivity index (χ4v) is 2.47. The normalized spacial score (nSPS) is 11.2. The molecule has 1 heterocycles. The van der Waals surface area contributed by atoms with Crippen molar-refractivity contribution in [2.24, 2.45) is 0 Å². The zero-order chi connectivity index (χ0) is 14.7. The Kier molecular flexibility index (Phi) is 4.66. The number of hydrogen-bond donors (Lipinski definition) is 1. The molecular weight excluding hydrogens is 268 g/mol. The van der Waals surface area contributed by atoms with Gasteiger partial charge in [0.2, 0.25) is 0 Å². The van der Waals surface area contributed by atoms with Crippen LogP contribution in [0.1, 0.15) is 50.7 Å². The summed E-state index contributed by atoms with van der Waals surface area (Å²) in [5.74, 6) is 1.69. The van der Waals surface area contributed by atoms with Gasteiger partial charge in [-0.05, 0) is 35.1 Å². The summed E-state index contributed by atoms with van der Waals surface area (Å²) < 4.78 is 0. The van der Waals surface area contributed by atoms with Crippen LogP contribution in [0.2, 0.25) is 5.15 Å². The van der Waals surface area contributed by atoms with Crippen molar-refractivity contribution >= 4 is 23.1 Å². The summed E-state index contributed by atoms with van der Waals surface area (Å²) in [7, 11) is 0. The standard InChI is InChI=1S/C17H21ClN2/c1-11(2)13-7-5-8-14(12(3)4)17(13)20-16-10-6-9-15(18)19-16/h5-12H,1-4H3,(H,19,20). The molecule has 0 radical (unpaired) electrons. The summed E-state index contributed by atoms with van der Waals surface area (Å²) >= 11 is 5.96. The van der Waals surface area contributed by atoms with Gasteiger partial charge >= 0.3 is 0 Å². The molecular formula is C17H21ClN2. The van der Waals surface area contributed by atoms with Crippen LogP contribution in [0, 0.1) is 0 Å². The van der Waals surface area contributed by atoms with Gasteiger partial charge < -0.3 is 5.32 Å². The Hall–Kier alpha value is -1.54. The molecule has 3 heteroatoms. The minimum Gasteiger partial charge on any atom is -0.340 e. The molecule has 0 spiro atoms. The molecule has 0 fully saturated rings. The second-order valence-electron chi connectivity index (χ2n) is 5.59. The molecule has 2 aromatic rings. The van der Waals surface area contributed by atoms with Crippen molar-refractivity contribution in [2.75, 3.05) is 5.32 Å². The molecule has 2 nitrogen and oxygen atoms in total. The Morgan fingerprint density at radius 1 is 0.900 bits per heavy atom. The molecule has 1 aromatic heterocycles. The zero-order valence-electron chi connectivity index (χ0n) is 12.4. The number of anilines is 2. The van der Waals surface area contributed by atoms with Crippen molar-refractivity contribution in [3.05, 3.63) is 52.7 Å². The number of nitrogens with zero attached hydrogens (tertiary/aromatic N) is 1. The van der Waals surface area contributed by atoms with E-state index < -0.39 is 0 Å². The van der Waals surface area contributed by atoms with Gasteiger partial charge in [-0.2, -0.15) is 0 Å². The first kappa shape index (κ1) is 14.9. The molecule has 0 amide bonds. The number of hydrogen-bond acceptors (Lipinski definition) is 2. The lowest BCUT2D eigenvalue weighted by Gasteiger charge is -2.20. The van der Waals surface area contributed by atoms with E-state index in [0.717, 1.165) is 11.5 Å². The van der Waals surface area contributed by atoms with E-state index in [2.05, 4.69) is 56.2 Å². The Morgan fingerprint density at radius 2 is 1.45 bits per heavy atom. The highest BCUT2D eigenvalue weighted by atomic mass is 35.5. The monoisotopic (exact) mass is 288 g/mol. The van der Waals surface area contributed by atoms with Crippen molar-refractivity contribution < 1.29 is 0 Å². The Morgan fingerprint density at radius 3 is 1.95 bits per heavy atom. The third-order valence-corrected chi connectivity index (χ3v) is 3.55. The lowest BCUT2D eigenvalue weighted by atomic mass is 9.92. The molecule has 0 aliphatic heterocycles. The van der Waals surface area contributed by atoms with Crippen molar-refractivity contribution in [1.29, 1.82) is 0 Å². The number of halogens is 1. The molecule has 0 aliphatic rings. The van der Waals surface area contributed by atoms with Crippen molar-refractivity contribution in [3.8, 4) is 0 Å². The number of aromatic nitrogens is 1. The van der Waals surface area contributed by atoms with E-state index in [9.17, 15) is 0 Å². The first-order valence-corrected chi connectivity index (χ1v) is 7.39. The van der Waals surface area contributed by atoms with Gasteiger partial charge in [0.1, 0.15) is 11.0 Å². The third kappa shape index (κ3) is 3.31. The van der Waals surface area contributed by atoms with E-state index >= 15 is 0 Å². The average Bonchev–Trinajstić information content (AvgIpc) is 2.38. The van der Waals surface area contributed by atoms with Gasteiger partial charge in [0.25, 0.3) is 0 Å². The van der Waals surface area contributed by atoms with Crippen LogP contribution in [0.3, 0.4) is 0 Å². The fourth-order valence-electron chi connectivity index (χ4n) is 2.30. The van der Waals surface area contributed by atoms with E-state index in [4.69, 9.17) is 11.6 Å². The summed E-state index contributed by atoms with van der Waals surface area (Å²) in [4.78, 5) is 4.32. The minimum absolute atomic E-state index is 0.454. The maximum absolute atomic E-state index is 5.96. The van der Waals surface area contributed by atoms with E-state index in [1.165, 1.54) is 11.1 Å². The van der Waals surface area contributed by atoms with Crippen molar-refractivity contribution in [3.63, 3.8) is 0 Å². The topological polar surface area (TPSA) is 24.9 Å². The highest BCUT2D eigenvalue weighted by Gasteiger charge is 2.14. The van der Waals surface area contributed by atoms with Crippen LogP contribution in [0.4, 0.5) is 11.5 Å². The summed E-state index contributed by atoms with van der Waals surface area (Å²) in [5, 5.41) is 3.95. The second-order valence-corrected chi connectivity index (χ2v) is 5.98. The molecule has 0 aliphatic carbocycles. The third-order valence-electron chi connectivity index (χ3n) is 3.34. The van der Waals surface area contributed by atoms with Gasteiger partial charge in [-0.15, -0.1) is 0 Å². The van der Waals surface area contributed by atoms with Crippen LogP contribution in [0.5, 0.6) is 0 Å². The van der Waals surface area contributed by atoms with Crippen molar-refractivity contribution in [1.82, 2.24) is 4.98 Å². The number of para-hydroxylation sites is 1. The second kappa shape index (κ2) is 6.27. The number of rotatable bonds is 4. The first-order chi connectivity index (χ1) is 9.49. The van der Waals surface area contributed by atoms with Crippen LogP contribution >= 0.6 is 11.6 Å².